The van der Waals surface area contributed by atoms with Crippen LogP contribution in [0.15, 0.2) is 41.7 Å². The maximum Gasteiger partial charge on any atom is 0.241 e. The summed E-state index contributed by atoms with van der Waals surface area (Å²) in [5.74, 6) is 1.49. The van der Waals surface area contributed by atoms with Gasteiger partial charge in [0.15, 0.2) is 5.96 Å². The summed E-state index contributed by atoms with van der Waals surface area (Å²) in [4.78, 5) is 20.6. The molecule has 1 atom stereocenters. The minimum atomic E-state index is -0.0926. The Labute approximate surface area is 200 Å². The number of benzene rings is 1. The highest BCUT2D eigenvalue weighted by molar-refractivity contribution is 14.0. The van der Waals surface area contributed by atoms with Crippen molar-refractivity contribution in [1.82, 2.24) is 24.9 Å². The Morgan fingerprint density at radius 1 is 1.35 bits per heavy atom. The predicted octanol–water partition coefficient (Wildman–Crippen LogP) is 1.65. The third kappa shape index (κ3) is 7.10. The Morgan fingerprint density at radius 3 is 2.71 bits per heavy atom. The number of nitrogens with one attached hydrogen (secondary N) is 1. The van der Waals surface area contributed by atoms with Gasteiger partial charge in [0.25, 0.3) is 0 Å². The molecule has 31 heavy (non-hydrogen) atoms. The van der Waals surface area contributed by atoms with Crippen molar-refractivity contribution in [2.75, 3.05) is 47.4 Å². The lowest BCUT2D eigenvalue weighted by atomic mass is 10.1. The van der Waals surface area contributed by atoms with Crippen LogP contribution in [0.4, 0.5) is 0 Å². The van der Waals surface area contributed by atoms with Crippen molar-refractivity contribution in [1.29, 1.82) is 0 Å². The van der Waals surface area contributed by atoms with Gasteiger partial charge in [0, 0.05) is 39.4 Å². The Hall–Kier alpha value is -2.34. The molecule has 3 rings (SSSR count). The van der Waals surface area contributed by atoms with Gasteiger partial charge in [-0.25, -0.2) is 4.99 Å². The summed E-state index contributed by atoms with van der Waals surface area (Å²) >= 11 is 0. The lowest BCUT2D eigenvalue weighted by molar-refractivity contribution is -0.127. The fourth-order valence-corrected chi connectivity index (χ4v) is 3.13. The molecule has 1 unspecified atom stereocenters. The fourth-order valence-electron chi connectivity index (χ4n) is 3.13. The topological polar surface area (TPSA) is 84.2 Å². The molecule has 1 aromatic carbocycles. The third-order valence-corrected chi connectivity index (χ3v) is 4.93. The standard InChI is InChI=1S/C21H30N6O3.HI/c1-25(2)20(28)13-23-21(22-11-16-5-7-18(29-4)8-6-16)27-9-10-30-19(15-27)17-12-24-26(3)14-17;/h5-8,12,14,19H,9-11,13,15H2,1-4H3,(H,22,23);1H. The summed E-state index contributed by atoms with van der Waals surface area (Å²) in [6, 6.07) is 7.81. The monoisotopic (exact) mass is 542 g/mol. The number of amides is 1. The summed E-state index contributed by atoms with van der Waals surface area (Å²) < 4.78 is 12.9. The largest absolute Gasteiger partial charge is 0.497 e. The van der Waals surface area contributed by atoms with Crippen LogP contribution in [0.1, 0.15) is 17.2 Å². The zero-order valence-electron chi connectivity index (χ0n) is 18.4. The molecule has 10 heteroatoms. The molecule has 170 valence electrons. The number of nitrogens with zero attached hydrogens (tertiary/aromatic N) is 5. The Kier molecular flexibility index (Phi) is 9.56. The number of aromatic nitrogens is 2. The first-order valence-corrected chi connectivity index (χ1v) is 9.92. The highest BCUT2D eigenvalue weighted by Gasteiger charge is 2.25. The van der Waals surface area contributed by atoms with E-state index in [0.29, 0.717) is 32.2 Å². The van der Waals surface area contributed by atoms with Crippen molar-refractivity contribution < 1.29 is 14.3 Å². The quantitative estimate of drug-likeness (QED) is 0.340. The second-order valence-electron chi connectivity index (χ2n) is 7.38. The number of carbonyl (C=O) groups excluding carboxylic acids is 1. The van der Waals surface area contributed by atoms with Crippen LogP contribution in [0.3, 0.4) is 0 Å². The van der Waals surface area contributed by atoms with Crippen molar-refractivity contribution in [3.63, 3.8) is 0 Å². The van der Waals surface area contributed by atoms with Crippen LogP contribution in [-0.4, -0.2) is 78.9 Å². The molecule has 1 saturated heterocycles. The second-order valence-corrected chi connectivity index (χ2v) is 7.38. The number of rotatable bonds is 6. The molecule has 1 amide bonds. The molecule has 9 nitrogen and oxygen atoms in total. The number of aryl methyl sites for hydroxylation is 1. The average Bonchev–Trinajstić information content (AvgIpc) is 3.20. The summed E-state index contributed by atoms with van der Waals surface area (Å²) in [6.45, 7) is 2.59. The minimum Gasteiger partial charge on any atom is -0.497 e. The molecule has 1 aliphatic rings. The minimum absolute atomic E-state index is 0. The van der Waals surface area contributed by atoms with E-state index in [1.54, 1.807) is 30.8 Å². The SMILES string of the molecule is COc1ccc(CN=C(NCC(=O)N(C)C)N2CCOC(c3cnn(C)c3)C2)cc1.I. The molecule has 1 aliphatic heterocycles. The van der Waals surface area contributed by atoms with Crippen LogP contribution >= 0.6 is 24.0 Å². The molecule has 0 radical (unpaired) electrons. The van der Waals surface area contributed by atoms with E-state index in [4.69, 9.17) is 14.5 Å². The lowest BCUT2D eigenvalue weighted by Gasteiger charge is -2.35. The van der Waals surface area contributed by atoms with E-state index in [2.05, 4.69) is 15.3 Å². The number of guanidine groups is 1. The Morgan fingerprint density at radius 2 is 2.10 bits per heavy atom. The molecule has 2 aromatic rings. The van der Waals surface area contributed by atoms with Crippen LogP contribution in [0.5, 0.6) is 5.75 Å². The molecule has 0 saturated carbocycles. The first-order valence-electron chi connectivity index (χ1n) is 9.92. The molecule has 1 N–H and O–H groups in total. The lowest BCUT2D eigenvalue weighted by Crippen LogP contribution is -2.50. The maximum absolute atomic E-state index is 12.1. The normalized spacial score (nSPS) is 16.5. The summed E-state index contributed by atoms with van der Waals surface area (Å²) in [5, 5.41) is 7.47. The molecular formula is C21H31IN6O3. The van der Waals surface area contributed by atoms with Gasteiger partial charge < -0.3 is 24.6 Å². The van der Waals surface area contributed by atoms with E-state index in [9.17, 15) is 4.79 Å². The number of aliphatic imine (C=N–C) groups is 1. The van der Waals surface area contributed by atoms with Gasteiger partial charge in [-0.15, -0.1) is 24.0 Å². The van der Waals surface area contributed by atoms with Gasteiger partial charge in [-0.05, 0) is 17.7 Å². The maximum atomic E-state index is 12.1. The number of halogens is 1. The average molecular weight is 542 g/mol. The van der Waals surface area contributed by atoms with Crippen molar-refractivity contribution >= 4 is 35.8 Å². The Balaban J connectivity index is 0.00000341. The van der Waals surface area contributed by atoms with Crippen molar-refractivity contribution in [2.45, 2.75) is 12.6 Å². The van der Waals surface area contributed by atoms with Crippen LogP contribution < -0.4 is 10.1 Å². The molecule has 1 aromatic heterocycles. The number of methoxy groups -OCH3 is 1. The van der Waals surface area contributed by atoms with Crippen LogP contribution in [0.25, 0.3) is 0 Å². The first-order chi connectivity index (χ1) is 14.5. The van der Waals surface area contributed by atoms with Gasteiger partial charge >= 0.3 is 0 Å². The summed E-state index contributed by atoms with van der Waals surface area (Å²) in [5.41, 5.74) is 2.09. The predicted molar refractivity (Wildman–Crippen MR) is 130 cm³/mol. The van der Waals surface area contributed by atoms with Crippen molar-refractivity contribution in [3.8, 4) is 5.75 Å². The van der Waals surface area contributed by atoms with Crippen molar-refractivity contribution in [3.05, 3.63) is 47.8 Å². The van der Waals surface area contributed by atoms with Gasteiger partial charge in [-0.1, -0.05) is 12.1 Å². The van der Waals surface area contributed by atoms with Gasteiger partial charge in [-0.3, -0.25) is 9.48 Å². The number of hydrogen-bond acceptors (Lipinski definition) is 5. The first kappa shape index (κ1) is 24.9. The zero-order chi connectivity index (χ0) is 21.5. The van der Waals surface area contributed by atoms with E-state index in [1.165, 1.54) is 0 Å². The number of carbonyl (C=O) groups is 1. The molecule has 0 spiro atoms. The fraction of sp³-hybridized carbons (Fsp3) is 0.476. The Bertz CT molecular complexity index is 868. The third-order valence-electron chi connectivity index (χ3n) is 4.93. The summed E-state index contributed by atoms with van der Waals surface area (Å²) in [6.07, 6.45) is 3.70. The number of likely N-dealkylation sites (N-methyl/N-ethyl adjacent to an activating group) is 1. The van der Waals surface area contributed by atoms with E-state index in [1.807, 2.05) is 43.7 Å². The van der Waals surface area contributed by atoms with E-state index in [-0.39, 0.29) is 42.5 Å². The molecule has 2 heterocycles. The second kappa shape index (κ2) is 11.9. The van der Waals surface area contributed by atoms with Crippen LogP contribution in [0, 0.1) is 0 Å². The van der Waals surface area contributed by atoms with Gasteiger partial charge in [0.2, 0.25) is 5.91 Å². The van der Waals surface area contributed by atoms with Gasteiger partial charge in [-0.2, -0.15) is 5.10 Å². The van der Waals surface area contributed by atoms with E-state index in [0.717, 1.165) is 16.9 Å². The smallest absolute Gasteiger partial charge is 0.241 e. The molecule has 1 fully saturated rings. The highest BCUT2D eigenvalue weighted by Crippen LogP contribution is 2.22. The number of hydrogen-bond donors (Lipinski definition) is 1. The summed E-state index contributed by atoms with van der Waals surface area (Å²) in [7, 11) is 7.02. The van der Waals surface area contributed by atoms with E-state index < -0.39 is 0 Å². The van der Waals surface area contributed by atoms with Crippen molar-refractivity contribution in [2.24, 2.45) is 12.0 Å². The van der Waals surface area contributed by atoms with Crippen LogP contribution in [0.2, 0.25) is 0 Å². The van der Waals surface area contributed by atoms with Gasteiger partial charge in [0.05, 0.1) is 39.5 Å². The van der Waals surface area contributed by atoms with Gasteiger partial charge in [0.1, 0.15) is 11.9 Å². The molecule has 0 bridgehead atoms. The number of ether oxygens (including phenoxy) is 2. The number of morpholine rings is 1. The van der Waals surface area contributed by atoms with E-state index >= 15 is 0 Å². The van der Waals surface area contributed by atoms with Crippen LogP contribution in [-0.2, 0) is 23.1 Å². The molecular weight excluding hydrogens is 511 g/mol. The molecule has 0 aliphatic carbocycles. The highest BCUT2D eigenvalue weighted by atomic mass is 127. The zero-order valence-corrected chi connectivity index (χ0v) is 20.8.